The van der Waals surface area contributed by atoms with Crippen LogP contribution in [0.15, 0.2) is 42.6 Å². The second kappa shape index (κ2) is 7.61. The van der Waals surface area contributed by atoms with Gasteiger partial charge in [0, 0.05) is 30.3 Å². The van der Waals surface area contributed by atoms with Crippen LogP contribution in [0.3, 0.4) is 0 Å². The van der Waals surface area contributed by atoms with E-state index in [0.717, 1.165) is 18.5 Å². The Morgan fingerprint density at radius 1 is 1.13 bits per heavy atom. The van der Waals surface area contributed by atoms with Gasteiger partial charge in [0.15, 0.2) is 0 Å². The van der Waals surface area contributed by atoms with Crippen molar-refractivity contribution in [1.82, 2.24) is 20.5 Å². The maximum absolute atomic E-state index is 13.0. The van der Waals surface area contributed by atoms with E-state index in [9.17, 15) is 19.2 Å². The summed E-state index contributed by atoms with van der Waals surface area (Å²) >= 11 is 0. The monoisotopic (exact) mass is 418 g/mol. The highest BCUT2D eigenvalue weighted by atomic mass is 16.2. The van der Waals surface area contributed by atoms with Gasteiger partial charge in [-0.1, -0.05) is 6.07 Å². The minimum Gasteiger partial charge on any atom is -0.343 e. The Labute approximate surface area is 179 Å². The van der Waals surface area contributed by atoms with E-state index in [1.165, 1.54) is 4.90 Å². The Morgan fingerprint density at radius 3 is 2.68 bits per heavy atom. The van der Waals surface area contributed by atoms with E-state index in [4.69, 9.17) is 0 Å². The topological polar surface area (TPSA) is 108 Å². The molecule has 2 fully saturated rings. The van der Waals surface area contributed by atoms with Gasteiger partial charge in [0.2, 0.25) is 11.8 Å². The van der Waals surface area contributed by atoms with E-state index in [1.807, 2.05) is 18.2 Å². The van der Waals surface area contributed by atoms with Gasteiger partial charge in [-0.05, 0) is 61.1 Å². The number of piperidine rings is 1. The molecule has 1 saturated heterocycles. The van der Waals surface area contributed by atoms with Gasteiger partial charge in [-0.2, -0.15) is 0 Å². The summed E-state index contributed by atoms with van der Waals surface area (Å²) in [4.78, 5) is 55.3. The van der Waals surface area contributed by atoms with E-state index < -0.39 is 11.9 Å². The van der Waals surface area contributed by atoms with Gasteiger partial charge in [0.1, 0.15) is 6.04 Å². The summed E-state index contributed by atoms with van der Waals surface area (Å²) in [7, 11) is 0. The predicted octanol–water partition coefficient (Wildman–Crippen LogP) is 1.72. The number of rotatable bonds is 5. The maximum atomic E-state index is 13.0. The Morgan fingerprint density at radius 2 is 1.97 bits per heavy atom. The van der Waals surface area contributed by atoms with Crippen molar-refractivity contribution in [3.63, 3.8) is 0 Å². The highest BCUT2D eigenvalue weighted by molar-refractivity contribution is 6.06. The molecule has 0 radical (unpaired) electrons. The van der Waals surface area contributed by atoms with Crippen LogP contribution in [0.5, 0.6) is 0 Å². The Hall–Kier alpha value is -3.55. The SMILES string of the molecule is O=C1CCC(N2Cc3cc(C(=O)N[C@H](c4ccccn4)C4CC4)ccc3C2=O)C(=O)N1. The lowest BCUT2D eigenvalue weighted by molar-refractivity contribution is -0.136. The van der Waals surface area contributed by atoms with Gasteiger partial charge in [-0.25, -0.2) is 0 Å². The number of aromatic nitrogens is 1. The first-order valence-electron chi connectivity index (χ1n) is 10.5. The largest absolute Gasteiger partial charge is 0.343 e. The summed E-state index contributed by atoms with van der Waals surface area (Å²) in [6.45, 7) is 0.244. The number of amides is 4. The van der Waals surface area contributed by atoms with Gasteiger partial charge in [-0.15, -0.1) is 0 Å². The molecule has 3 heterocycles. The van der Waals surface area contributed by atoms with E-state index in [2.05, 4.69) is 15.6 Å². The van der Waals surface area contributed by atoms with Crippen molar-refractivity contribution in [2.24, 2.45) is 5.92 Å². The van der Waals surface area contributed by atoms with Crippen molar-refractivity contribution in [2.45, 2.75) is 44.3 Å². The first-order chi connectivity index (χ1) is 15.0. The van der Waals surface area contributed by atoms with Crippen LogP contribution in [0.2, 0.25) is 0 Å². The number of hydrogen-bond donors (Lipinski definition) is 2. The summed E-state index contributed by atoms with van der Waals surface area (Å²) < 4.78 is 0. The van der Waals surface area contributed by atoms with Crippen LogP contribution in [0.1, 0.15) is 63.7 Å². The summed E-state index contributed by atoms with van der Waals surface area (Å²) in [5.41, 5.74) is 2.52. The molecule has 8 nitrogen and oxygen atoms in total. The van der Waals surface area contributed by atoms with Gasteiger partial charge in [-0.3, -0.25) is 29.5 Å². The van der Waals surface area contributed by atoms with Gasteiger partial charge in [0.25, 0.3) is 11.8 Å². The molecule has 1 saturated carbocycles. The second-order valence-electron chi connectivity index (χ2n) is 8.32. The Bertz CT molecular complexity index is 1080. The first kappa shape index (κ1) is 19.4. The van der Waals surface area contributed by atoms with Gasteiger partial charge < -0.3 is 10.2 Å². The number of benzene rings is 1. The fourth-order valence-corrected chi connectivity index (χ4v) is 4.36. The smallest absolute Gasteiger partial charge is 0.255 e. The number of pyridine rings is 1. The normalized spacial score (nSPS) is 21.5. The van der Waals surface area contributed by atoms with Crippen molar-refractivity contribution in [3.05, 3.63) is 65.0 Å². The van der Waals surface area contributed by atoms with Crippen LogP contribution in [-0.4, -0.2) is 39.6 Å². The average Bonchev–Trinajstić information content (AvgIpc) is 3.56. The van der Waals surface area contributed by atoms with E-state index in [1.54, 1.807) is 24.4 Å². The molecular formula is C23H22N4O4. The van der Waals surface area contributed by atoms with Crippen LogP contribution < -0.4 is 10.6 Å². The summed E-state index contributed by atoms with van der Waals surface area (Å²) in [6, 6.07) is 9.88. The molecule has 158 valence electrons. The molecule has 31 heavy (non-hydrogen) atoms. The molecule has 1 aliphatic carbocycles. The quantitative estimate of drug-likeness (QED) is 0.719. The number of fused-ring (bicyclic) bond motifs is 1. The lowest BCUT2D eigenvalue weighted by Crippen LogP contribution is -2.52. The lowest BCUT2D eigenvalue weighted by Gasteiger charge is -2.29. The molecule has 2 N–H and O–H groups in total. The van der Waals surface area contributed by atoms with Crippen molar-refractivity contribution >= 4 is 23.6 Å². The van der Waals surface area contributed by atoms with E-state index in [-0.39, 0.29) is 36.7 Å². The maximum Gasteiger partial charge on any atom is 0.255 e. The van der Waals surface area contributed by atoms with E-state index in [0.29, 0.717) is 29.0 Å². The highest BCUT2D eigenvalue weighted by Crippen LogP contribution is 2.40. The van der Waals surface area contributed by atoms with Crippen molar-refractivity contribution < 1.29 is 19.2 Å². The molecule has 8 heteroatoms. The molecule has 1 aromatic carbocycles. The minimum absolute atomic E-state index is 0.136. The van der Waals surface area contributed by atoms with Crippen molar-refractivity contribution in [2.75, 3.05) is 0 Å². The van der Waals surface area contributed by atoms with Gasteiger partial charge >= 0.3 is 0 Å². The summed E-state index contributed by atoms with van der Waals surface area (Å²) in [6.07, 6.45) is 4.36. The van der Waals surface area contributed by atoms with Crippen LogP contribution in [0.25, 0.3) is 0 Å². The van der Waals surface area contributed by atoms with Crippen LogP contribution >= 0.6 is 0 Å². The fourth-order valence-electron chi connectivity index (χ4n) is 4.36. The molecule has 1 aromatic heterocycles. The van der Waals surface area contributed by atoms with Gasteiger partial charge in [0.05, 0.1) is 11.7 Å². The molecule has 0 bridgehead atoms. The molecule has 3 aliphatic rings. The highest BCUT2D eigenvalue weighted by Gasteiger charge is 2.39. The van der Waals surface area contributed by atoms with Crippen LogP contribution in [-0.2, 0) is 16.1 Å². The van der Waals surface area contributed by atoms with Crippen molar-refractivity contribution in [3.8, 4) is 0 Å². The predicted molar refractivity (Wildman–Crippen MR) is 110 cm³/mol. The number of imide groups is 1. The molecule has 2 aromatic rings. The van der Waals surface area contributed by atoms with E-state index >= 15 is 0 Å². The fraction of sp³-hybridized carbons (Fsp3) is 0.348. The lowest BCUT2D eigenvalue weighted by atomic mass is 10.0. The molecule has 1 unspecified atom stereocenters. The summed E-state index contributed by atoms with van der Waals surface area (Å²) in [5.74, 6) is -0.837. The molecule has 2 aliphatic heterocycles. The molecule has 0 spiro atoms. The third-order valence-electron chi connectivity index (χ3n) is 6.17. The third-order valence-corrected chi connectivity index (χ3v) is 6.17. The van der Waals surface area contributed by atoms with Crippen molar-refractivity contribution in [1.29, 1.82) is 0 Å². The van der Waals surface area contributed by atoms with Crippen LogP contribution in [0, 0.1) is 5.92 Å². The summed E-state index contributed by atoms with van der Waals surface area (Å²) in [5, 5.41) is 5.39. The number of carbonyl (C=O) groups is 4. The zero-order chi connectivity index (χ0) is 21.5. The first-order valence-corrected chi connectivity index (χ1v) is 10.5. The van der Waals surface area contributed by atoms with Crippen LogP contribution in [0.4, 0.5) is 0 Å². The third kappa shape index (κ3) is 3.69. The molecule has 2 atom stereocenters. The average molecular weight is 418 g/mol. The Kier molecular flexibility index (Phi) is 4.77. The second-order valence-corrected chi connectivity index (χ2v) is 8.32. The zero-order valence-corrected chi connectivity index (χ0v) is 16.8. The number of nitrogens with one attached hydrogen (secondary N) is 2. The molecule has 4 amide bonds. The zero-order valence-electron chi connectivity index (χ0n) is 16.8. The standard InChI is InChI=1S/C23H22N4O4/c28-19-9-8-18(22(30)25-19)27-12-15-11-14(6-7-16(15)23(27)31)21(29)26-20(13-4-5-13)17-3-1-2-10-24-17/h1-3,6-7,10-11,13,18,20H,4-5,8-9,12H2,(H,26,29)(H,25,28,30)/t18?,20-/m0/s1. The molecule has 5 rings (SSSR count). The molecular weight excluding hydrogens is 396 g/mol. The number of nitrogens with zero attached hydrogens (tertiary/aromatic N) is 2. The number of hydrogen-bond acceptors (Lipinski definition) is 5. The number of carbonyl (C=O) groups excluding carboxylic acids is 4. The minimum atomic E-state index is -0.668. The Balaban J connectivity index is 1.33.